The molecular formula is C25H23N3O3. The number of aromatic nitrogens is 2. The molecule has 0 fully saturated rings. The first kappa shape index (κ1) is 19.3. The van der Waals surface area contributed by atoms with Crippen molar-refractivity contribution < 1.29 is 14.3 Å². The van der Waals surface area contributed by atoms with Gasteiger partial charge in [-0.25, -0.2) is 4.98 Å². The minimum Gasteiger partial charge on any atom is -0.493 e. The number of fused-ring (bicyclic) bond motifs is 1. The third kappa shape index (κ3) is 3.24. The van der Waals surface area contributed by atoms with Gasteiger partial charge in [0.25, 0.3) is 0 Å². The number of benzene rings is 1. The van der Waals surface area contributed by atoms with E-state index in [0.29, 0.717) is 23.6 Å². The Hall–Kier alpha value is -3.67. The van der Waals surface area contributed by atoms with Gasteiger partial charge in [0.1, 0.15) is 5.65 Å². The van der Waals surface area contributed by atoms with Gasteiger partial charge in [-0.15, -0.1) is 0 Å². The number of carbonyl (C=O) groups is 1. The molecule has 0 spiro atoms. The Kier molecular flexibility index (Phi) is 4.90. The van der Waals surface area contributed by atoms with Crippen molar-refractivity contribution in [1.29, 1.82) is 0 Å². The average Bonchev–Trinajstić information content (AvgIpc) is 3.22. The highest BCUT2D eigenvalue weighted by molar-refractivity contribution is 6.02. The monoisotopic (exact) mass is 413 g/mol. The number of methoxy groups -OCH3 is 2. The molecule has 0 saturated heterocycles. The molecule has 2 aliphatic rings. The number of pyridine rings is 1. The summed E-state index contributed by atoms with van der Waals surface area (Å²) in [6.45, 7) is 0. The molecule has 2 aromatic heterocycles. The summed E-state index contributed by atoms with van der Waals surface area (Å²) in [7, 11) is 3.23. The van der Waals surface area contributed by atoms with E-state index in [-0.39, 0.29) is 11.8 Å². The summed E-state index contributed by atoms with van der Waals surface area (Å²) in [6, 6.07) is 9.64. The van der Waals surface area contributed by atoms with Crippen LogP contribution in [0.4, 0.5) is 0 Å². The molecule has 31 heavy (non-hydrogen) atoms. The molecule has 1 unspecified atom stereocenters. The third-order valence-electron chi connectivity index (χ3n) is 5.94. The lowest BCUT2D eigenvalue weighted by Crippen LogP contribution is -2.26. The summed E-state index contributed by atoms with van der Waals surface area (Å²) in [4.78, 5) is 22.8. The zero-order valence-electron chi connectivity index (χ0n) is 17.5. The topological polar surface area (TPSA) is 65.7 Å². The Morgan fingerprint density at radius 1 is 1.16 bits per heavy atom. The fourth-order valence-corrected chi connectivity index (χ4v) is 4.38. The first-order valence-corrected chi connectivity index (χ1v) is 10.4. The predicted molar refractivity (Wildman–Crippen MR) is 121 cm³/mol. The van der Waals surface area contributed by atoms with Crippen LogP contribution in [-0.4, -0.2) is 35.9 Å². The maximum absolute atomic E-state index is 13.7. The van der Waals surface area contributed by atoms with E-state index in [0.717, 1.165) is 40.6 Å². The van der Waals surface area contributed by atoms with Gasteiger partial charge >= 0.3 is 0 Å². The third-order valence-corrected chi connectivity index (χ3v) is 5.94. The first-order valence-electron chi connectivity index (χ1n) is 10.4. The van der Waals surface area contributed by atoms with Crippen LogP contribution in [0, 0.1) is 5.92 Å². The molecule has 6 heteroatoms. The molecule has 0 bridgehead atoms. The molecule has 1 atom stereocenters. The number of aliphatic imine (C=N–C) groups is 1. The standard InChI is InChI=1S/C25H23N3O3/c1-30-22-10-9-16(14-23(22)31-2)20-15-28(24-18(20)7-5-12-27-24)25(29)19-11-13-26-21-8-4-3-6-17(19)21/h3,5-7,9-10,12-15,19H,4,8,11H2,1-2H3. The van der Waals surface area contributed by atoms with E-state index < -0.39 is 0 Å². The lowest BCUT2D eigenvalue weighted by molar-refractivity contribution is 0.0864. The van der Waals surface area contributed by atoms with Crippen LogP contribution in [0.25, 0.3) is 22.2 Å². The van der Waals surface area contributed by atoms with E-state index >= 15 is 0 Å². The van der Waals surface area contributed by atoms with Crippen molar-refractivity contribution in [3.8, 4) is 22.6 Å². The second-order valence-electron chi connectivity index (χ2n) is 7.64. The predicted octanol–water partition coefficient (Wildman–Crippen LogP) is 5.06. The average molecular weight is 413 g/mol. The summed E-state index contributed by atoms with van der Waals surface area (Å²) >= 11 is 0. The van der Waals surface area contributed by atoms with Crippen LogP contribution < -0.4 is 9.47 Å². The van der Waals surface area contributed by atoms with Crippen molar-refractivity contribution in [3.63, 3.8) is 0 Å². The van der Waals surface area contributed by atoms with E-state index in [9.17, 15) is 4.79 Å². The number of carbonyl (C=O) groups excluding carboxylic acids is 1. The van der Waals surface area contributed by atoms with Crippen LogP contribution in [0.15, 0.2) is 71.1 Å². The molecule has 5 rings (SSSR count). The van der Waals surface area contributed by atoms with Gasteiger partial charge < -0.3 is 9.47 Å². The second-order valence-corrected chi connectivity index (χ2v) is 7.64. The van der Waals surface area contributed by atoms with Crippen molar-refractivity contribution in [2.75, 3.05) is 14.2 Å². The van der Waals surface area contributed by atoms with Gasteiger partial charge in [-0.1, -0.05) is 18.2 Å². The molecular weight excluding hydrogens is 390 g/mol. The van der Waals surface area contributed by atoms with Crippen LogP contribution in [0.5, 0.6) is 11.5 Å². The van der Waals surface area contributed by atoms with E-state index in [2.05, 4.69) is 22.1 Å². The summed E-state index contributed by atoms with van der Waals surface area (Å²) in [5.41, 5.74) is 4.57. The Labute approximate surface area is 180 Å². The van der Waals surface area contributed by atoms with Crippen LogP contribution >= 0.6 is 0 Å². The maximum atomic E-state index is 13.7. The van der Waals surface area contributed by atoms with Gasteiger partial charge in [-0.05, 0) is 54.7 Å². The Morgan fingerprint density at radius 3 is 2.87 bits per heavy atom. The van der Waals surface area contributed by atoms with Crippen molar-refractivity contribution in [3.05, 3.63) is 66.1 Å². The van der Waals surface area contributed by atoms with Gasteiger partial charge in [0.15, 0.2) is 11.5 Å². The van der Waals surface area contributed by atoms with Crippen LogP contribution in [0.1, 0.15) is 24.1 Å². The Morgan fingerprint density at radius 2 is 2.03 bits per heavy atom. The largest absolute Gasteiger partial charge is 0.493 e. The molecule has 3 heterocycles. The molecule has 0 saturated carbocycles. The number of allylic oxidation sites excluding steroid dienone is 4. The molecule has 1 aromatic carbocycles. The summed E-state index contributed by atoms with van der Waals surface area (Å²) in [5, 5.41) is 0.918. The summed E-state index contributed by atoms with van der Waals surface area (Å²) in [6.07, 6.45) is 12.1. The van der Waals surface area contributed by atoms with Crippen molar-refractivity contribution in [1.82, 2.24) is 9.55 Å². The van der Waals surface area contributed by atoms with E-state index in [1.807, 2.05) is 42.7 Å². The molecule has 3 aromatic rings. The van der Waals surface area contributed by atoms with Gasteiger partial charge in [0, 0.05) is 35.3 Å². The molecule has 6 nitrogen and oxygen atoms in total. The zero-order chi connectivity index (χ0) is 21.4. The van der Waals surface area contributed by atoms with Gasteiger partial charge in [-0.2, -0.15) is 0 Å². The smallest absolute Gasteiger partial charge is 0.240 e. The minimum atomic E-state index is -0.250. The van der Waals surface area contributed by atoms with Gasteiger partial charge in [0.2, 0.25) is 5.91 Å². The number of rotatable bonds is 4. The van der Waals surface area contributed by atoms with Crippen molar-refractivity contribution in [2.24, 2.45) is 10.9 Å². The molecule has 1 aliphatic carbocycles. The van der Waals surface area contributed by atoms with Crippen LogP contribution in [0.3, 0.4) is 0 Å². The summed E-state index contributed by atoms with van der Waals surface area (Å²) < 4.78 is 12.5. The van der Waals surface area contributed by atoms with E-state index in [4.69, 9.17) is 9.47 Å². The summed E-state index contributed by atoms with van der Waals surface area (Å²) in [5.74, 6) is 1.07. The van der Waals surface area contributed by atoms with Crippen molar-refractivity contribution >= 4 is 23.2 Å². The van der Waals surface area contributed by atoms with Crippen molar-refractivity contribution in [2.45, 2.75) is 19.3 Å². The highest BCUT2D eigenvalue weighted by atomic mass is 16.5. The Bertz CT molecular complexity index is 1270. The molecule has 0 amide bonds. The van der Waals surface area contributed by atoms with Crippen LogP contribution in [0.2, 0.25) is 0 Å². The highest BCUT2D eigenvalue weighted by Crippen LogP contribution is 2.37. The zero-order valence-corrected chi connectivity index (χ0v) is 17.5. The number of hydrogen-bond acceptors (Lipinski definition) is 5. The first-order chi connectivity index (χ1) is 15.2. The Balaban J connectivity index is 1.62. The fourth-order valence-electron chi connectivity index (χ4n) is 4.38. The molecule has 1 aliphatic heterocycles. The van der Waals surface area contributed by atoms with Crippen LogP contribution in [-0.2, 0) is 0 Å². The lowest BCUT2D eigenvalue weighted by Gasteiger charge is -2.24. The van der Waals surface area contributed by atoms with Gasteiger partial charge in [0.05, 0.1) is 20.1 Å². The highest BCUT2D eigenvalue weighted by Gasteiger charge is 2.30. The minimum absolute atomic E-state index is 0.0145. The van der Waals surface area contributed by atoms with E-state index in [1.165, 1.54) is 0 Å². The fraction of sp³-hybridized carbons (Fsp3) is 0.240. The normalized spacial score (nSPS) is 17.7. The maximum Gasteiger partial charge on any atom is 0.240 e. The second kappa shape index (κ2) is 7.87. The SMILES string of the molecule is COc1ccc(-c2cn(C(=O)C3CC=NC4=C3C=CCC4)c3ncccc23)cc1OC. The quantitative estimate of drug-likeness (QED) is 0.600. The number of ether oxygens (including phenoxy) is 2. The molecule has 156 valence electrons. The molecule has 0 radical (unpaired) electrons. The van der Waals surface area contributed by atoms with Gasteiger partial charge in [-0.3, -0.25) is 14.4 Å². The lowest BCUT2D eigenvalue weighted by atomic mass is 9.87. The number of nitrogens with zero attached hydrogens (tertiary/aromatic N) is 3. The van der Waals surface area contributed by atoms with E-state index in [1.54, 1.807) is 25.0 Å². The molecule has 0 N–H and O–H groups in total. The number of hydrogen-bond donors (Lipinski definition) is 0.